The summed E-state index contributed by atoms with van der Waals surface area (Å²) in [5.41, 5.74) is 0.888. The van der Waals surface area contributed by atoms with E-state index in [1.165, 1.54) is 4.90 Å². The molecule has 0 spiro atoms. The third-order valence-corrected chi connectivity index (χ3v) is 6.94. The second-order valence-electron chi connectivity index (χ2n) is 7.77. The number of likely N-dealkylation sites (N-methyl/N-ethyl adjacent to an activating group) is 1. The van der Waals surface area contributed by atoms with Crippen LogP contribution in [0.15, 0.2) is 42.5 Å². The van der Waals surface area contributed by atoms with Crippen LogP contribution in [-0.2, 0) is 26.2 Å². The number of amides is 2. The van der Waals surface area contributed by atoms with E-state index < -0.39 is 28.5 Å². The lowest BCUT2D eigenvalue weighted by Crippen LogP contribution is -2.52. The average molecular weight is 545 g/mol. The first-order chi connectivity index (χ1) is 16.5. The van der Waals surface area contributed by atoms with Crippen molar-refractivity contribution in [3.8, 4) is 5.75 Å². The molecule has 0 aliphatic heterocycles. The Balaban J connectivity index is 2.44. The monoisotopic (exact) mass is 543 g/mol. The number of nitrogens with zero attached hydrogens (tertiary/aromatic N) is 2. The highest BCUT2D eigenvalue weighted by molar-refractivity contribution is 7.92. The first-order valence-corrected chi connectivity index (χ1v) is 13.8. The van der Waals surface area contributed by atoms with Crippen LogP contribution in [0.4, 0.5) is 5.69 Å². The van der Waals surface area contributed by atoms with Crippen molar-refractivity contribution in [2.45, 2.75) is 39.8 Å². The zero-order chi connectivity index (χ0) is 26.2. The summed E-state index contributed by atoms with van der Waals surface area (Å²) in [5, 5.41) is 3.52. The first kappa shape index (κ1) is 28.7. The zero-order valence-electron chi connectivity index (χ0n) is 20.3. The third-order valence-electron chi connectivity index (χ3n) is 5.21. The minimum atomic E-state index is -3.82. The van der Waals surface area contributed by atoms with Crippen molar-refractivity contribution in [2.75, 3.05) is 30.3 Å². The Morgan fingerprint density at radius 2 is 1.71 bits per heavy atom. The normalized spacial score (nSPS) is 12.1. The van der Waals surface area contributed by atoms with E-state index >= 15 is 0 Å². The molecule has 0 aliphatic rings. The molecule has 192 valence electrons. The van der Waals surface area contributed by atoms with E-state index in [0.29, 0.717) is 46.6 Å². The van der Waals surface area contributed by atoms with Gasteiger partial charge in [-0.1, -0.05) is 36.2 Å². The predicted octanol–water partition coefficient (Wildman–Crippen LogP) is 4.10. The lowest BCUT2D eigenvalue weighted by atomic mass is 10.1. The third kappa shape index (κ3) is 8.02. The van der Waals surface area contributed by atoms with Crippen molar-refractivity contribution in [2.24, 2.45) is 0 Å². The fourth-order valence-corrected chi connectivity index (χ4v) is 4.85. The van der Waals surface area contributed by atoms with Crippen LogP contribution < -0.4 is 14.4 Å². The summed E-state index contributed by atoms with van der Waals surface area (Å²) in [5.74, 6) is -0.300. The topological polar surface area (TPSA) is 96.0 Å². The fourth-order valence-electron chi connectivity index (χ4n) is 3.53. The number of hydrogen-bond donors (Lipinski definition) is 1. The van der Waals surface area contributed by atoms with Crippen LogP contribution in [0.25, 0.3) is 0 Å². The molecule has 0 radical (unpaired) electrons. The van der Waals surface area contributed by atoms with Crippen molar-refractivity contribution in [1.29, 1.82) is 0 Å². The smallest absolute Gasteiger partial charge is 0.244 e. The van der Waals surface area contributed by atoms with Crippen molar-refractivity contribution in [3.63, 3.8) is 0 Å². The van der Waals surface area contributed by atoms with Gasteiger partial charge < -0.3 is 15.0 Å². The van der Waals surface area contributed by atoms with Crippen molar-refractivity contribution >= 4 is 50.7 Å². The largest absolute Gasteiger partial charge is 0.494 e. The van der Waals surface area contributed by atoms with Crippen LogP contribution in [0.3, 0.4) is 0 Å². The Bertz CT molecular complexity index is 1130. The summed E-state index contributed by atoms with van der Waals surface area (Å²) in [7, 11) is -3.82. The Hall–Kier alpha value is -2.49. The maximum absolute atomic E-state index is 13.6. The number of halogens is 2. The molecule has 2 aromatic carbocycles. The van der Waals surface area contributed by atoms with Crippen molar-refractivity contribution in [3.05, 3.63) is 58.1 Å². The van der Waals surface area contributed by atoms with Gasteiger partial charge in [0.05, 0.1) is 18.6 Å². The number of rotatable bonds is 12. The van der Waals surface area contributed by atoms with E-state index in [2.05, 4.69) is 5.32 Å². The van der Waals surface area contributed by atoms with Gasteiger partial charge in [-0.2, -0.15) is 0 Å². The summed E-state index contributed by atoms with van der Waals surface area (Å²) in [4.78, 5) is 27.7. The second-order valence-corrected chi connectivity index (χ2v) is 10.5. The minimum Gasteiger partial charge on any atom is -0.494 e. The number of anilines is 1. The van der Waals surface area contributed by atoms with Gasteiger partial charge in [-0.3, -0.25) is 13.9 Å². The SMILES string of the molecule is CCNC(=O)[C@H](CC)N(Cc1ccc(Cl)cc1Cl)C(=O)CN(c1ccc(OCC)cc1)S(C)(=O)=O. The van der Waals surface area contributed by atoms with Crippen LogP contribution in [0.2, 0.25) is 10.0 Å². The number of ether oxygens (including phenoxy) is 1. The summed E-state index contributed by atoms with van der Waals surface area (Å²) >= 11 is 12.3. The summed E-state index contributed by atoms with van der Waals surface area (Å²) in [6.45, 7) is 5.78. The highest BCUT2D eigenvalue weighted by Gasteiger charge is 2.32. The number of sulfonamides is 1. The Morgan fingerprint density at radius 1 is 1.06 bits per heavy atom. The Kier molecular flexibility index (Phi) is 10.7. The molecular formula is C24H31Cl2N3O5S. The van der Waals surface area contributed by atoms with Crippen LogP contribution in [0, 0.1) is 0 Å². The molecular weight excluding hydrogens is 513 g/mol. The Labute approximate surface area is 217 Å². The summed E-state index contributed by atoms with van der Waals surface area (Å²) < 4.78 is 31.7. The summed E-state index contributed by atoms with van der Waals surface area (Å²) in [6.07, 6.45) is 1.35. The number of benzene rings is 2. The highest BCUT2D eigenvalue weighted by atomic mass is 35.5. The predicted molar refractivity (Wildman–Crippen MR) is 140 cm³/mol. The van der Waals surface area contributed by atoms with Gasteiger partial charge in [0, 0.05) is 23.1 Å². The molecule has 11 heteroatoms. The van der Waals surface area contributed by atoms with Crippen molar-refractivity contribution < 1.29 is 22.7 Å². The molecule has 0 unspecified atom stereocenters. The van der Waals surface area contributed by atoms with Gasteiger partial charge in [-0.15, -0.1) is 0 Å². The van der Waals surface area contributed by atoms with E-state index in [1.807, 2.05) is 6.92 Å². The first-order valence-electron chi connectivity index (χ1n) is 11.2. The van der Waals surface area contributed by atoms with Crippen molar-refractivity contribution in [1.82, 2.24) is 10.2 Å². The van der Waals surface area contributed by atoms with Gasteiger partial charge in [0.15, 0.2) is 0 Å². The molecule has 1 N–H and O–H groups in total. The molecule has 2 amide bonds. The molecule has 0 bridgehead atoms. The number of carbonyl (C=O) groups excluding carboxylic acids is 2. The average Bonchev–Trinajstić information content (AvgIpc) is 2.79. The number of nitrogens with one attached hydrogen (secondary N) is 1. The van der Waals surface area contributed by atoms with E-state index in [4.69, 9.17) is 27.9 Å². The molecule has 35 heavy (non-hydrogen) atoms. The van der Waals surface area contributed by atoms with Gasteiger partial charge in [-0.05, 0) is 62.2 Å². The van der Waals surface area contributed by atoms with Crippen LogP contribution >= 0.6 is 23.2 Å². The second kappa shape index (κ2) is 13.0. The number of hydrogen-bond acceptors (Lipinski definition) is 5. The van der Waals surface area contributed by atoms with E-state index in [0.717, 1.165) is 10.6 Å². The molecule has 0 heterocycles. The van der Waals surface area contributed by atoms with Crippen LogP contribution in [0.1, 0.15) is 32.8 Å². The van der Waals surface area contributed by atoms with Crippen LogP contribution in [-0.4, -0.2) is 57.1 Å². The number of carbonyl (C=O) groups is 2. The quantitative estimate of drug-likeness (QED) is 0.434. The van der Waals surface area contributed by atoms with Crippen LogP contribution in [0.5, 0.6) is 5.75 Å². The lowest BCUT2D eigenvalue weighted by Gasteiger charge is -2.33. The molecule has 0 aromatic heterocycles. The molecule has 2 rings (SSSR count). The highest BCUT2D eigenvalue weighted by Crippen LogP contribution is 2.25. The molecule has 1 atom stereocenters. The van der Waals surface area contributed by atoms with Gasteiger partial charge in [0.2, 0.25) is 21.8 Å². The van der Waals surface area contributed by atoms with Gasteiger partial charge in [0.1, 0.15) is 18.3 Å². The maximum Gasteiger partial charge on any atom is 0.244 e. The minimum absolute atomic E-state index is 0.00531. The maximum atomic E-state index is 13.6. The Morgan fingerprint density at radius 3 is 2.23 bits per heavy atom. The molecule has 0 saturated carbocycles. The van der Waals surface area contributed by atoms with E-state index in [9.17, 15) is 18.0 Å². The molecule has 8 nitrogen and oxygen atoms in total. The van der Waals surface area contributed by atoms with E-state index in [-0.39, 0.29) is 12.5 Å². The van der Waals surface area contributed by atoms with Gasteiger partial charge in [0.25, 0.3) is 0 Å². The van der Waals surface area contributed by atoms with Gasteiger partial charge >= 0.3 is 0 Å². The zero-order valence-corrected chi connectivity index (χ0v) is 22.6. The summed E-state index contributed by atoms with van der Waals surface area (Å²) in [6, 6.07) is 10.5. The lowest BCUT2D eigenvalue weighted by molar-refractivity contribution is -0.140. The fraction of sp³-hybridized carbons (Fsp3) is 0.417. The standard InChI is InChI=1S/C24H31Cl2N3O5S/c1-5-22(24(31)27-6-2)28(15-17-8-9-18(25)14-21(17)26)23(30)16-29(35(4,32)33)19-10-12-20(13-11-19)34-7-3/h8-14,22H,5-7,15-16H2,1-4H3,(H,27,31)/t22-/m0/s1. The van der Waals surface area contributed by atoms with Gasteiger partial charge in [-0.25, -0.2) is 8.42 Å². The van der Waals surface area contributed by atoms with E-state index in [1.54, 1.807) is 56.3 Å². The molecule has 0 fully saturated rings. The molecule has 0 aliphatic carbocycles. The molecule has 2 aromatic rings. The molecule has 0 saturated heterocycles.